The van der Waals surface area contributed by atoms with Gasteiger partial charge < -0.3 is 4.74 Å². The fraction of sp³-hybridized carbons (Fsp3) is 0.400. The molecule has 0 amide bonds. The number of nitrogens with zero attached hydrogens (tertiary/aromatic N) is 1. The van der Waals surface area contributed by atoms with Crippen LogP contribution in [0.3, 0.4) is 0 Å². The van der Waals surface area contributed by atoms with Gasteiger partial charge in [0.15, 0.2) is 0 Å². The molecule has 0 spiro atoms. The van der Waals surface area contributed by atoms with Gasteiger partial charge in [-0.15, -0.1) is 22.9 Å². The van der Waals surface area contributed by atoms with E-state index in [1.807, 2.05) is 5.38 Å². The van der Waals surface area contributed by atoms with E-state index in [2.05, 4.69) is 46.9 Å². The summed E-state index contributed by atoms with van der Waals surface area (Å²) in [6.45, 7) is 4.86. The first kappa shape index (κ1) is 15.8. The van der Waals surface area contributed by atoms with Crippen molar-refractivity contribution in [1.82, 2.24) is 4.98 Å². The van der Waals surface area contributed by atoms with Gasteiger partial charge in [-0.1, -0.05) is 15.9 Å². The second kappa shape index (κ2) is 7.43. The van der Waals surface area contributed by atoms with E-state index in [4.69, 9.17) is 16.3 Å². The summed E-state index contributed by atoms with van der Waals surface area (Å²) in [6.07, 6.45) is 1.90. The number of halogens is 2. The molecule has 0 aliphatic heterocycles. The number of aryl methyl sites for hydroxylation is 3. The van der Waals surface area contributed by atoms with Gasteiger partial charge in [-0.2, -0.15) is 0 Å². The summed E-state index contributed by atoms with van der Waals surface area (Å²) < 4.78 is 6.96. The number of aromatic nitrogens is 1. The van der Waals surface area contributed by atoms with E-state index in [0.717, 1.165) is 33.8 Å². The molecule has 0 radical (unpaired) electrons. The molecule has 0 saturated carbocycles. The average molecular weight is 375 g/mol. The van der Waals surface area contributed by atoms with Gasteiger partial charge in [-0.25, -0.2) is 4.98 Å². The monoisotopic (exact) mass is 373 g/mol. The molecular formula is C15H17BrClNOS. The summed E-state index contributed by atoms with van der Waals surface area (Å²) in [5, 5.41) is 3.15. The van der Waals surface area contributed by atoms with Crippen LogP contribution in [0, 0.1) is 13.8 Å². The van der Waals surface area contributed by atoms with E-state index in [9.17, 15) is 0 Å². The fourth-order valence-corrected chi connectivity index (χ4v) is 3.23. The Morgan fingerprint density at radius 3 is 2.60 bits per heavy atom. The van der Waals surface area contributed by atoms with Crippen LogP contribution in [-0.2, 0) is 12.3 Å². The molecule has 5 heteroatoms. The van der Waals surface area contributed by atoms with Gasteiger partial charge >= 0.3 is 0 Å². The second-order valence-electron chi connectivity index (χ2n) is 4.69. The minimum absolute atomic E-state index is 0.491. The zero-order valence-electron chi connectivity index (χ0n) is 11.6. The van der Waals surface area contributed by atoms with Crippen LogP contribution in [0.4, 0.5) is 0 Å². The van der Waals surface area contributed by atoms with Crippen molar-refractivity contribution >= 4 is 38.9 Å². The van der Waals surface area contributed by atoms with Crippen LogP contribution in [0.15, 0.2) is 22.0 Å². The standard InChI is InChI=1S/C15H17BrClNOS/c1-10-6-13(7-11(2)15(10)16)19-5-3-4-14-18-12(8-17)9-20-14/h6-7,9H,3-5,8H2,1-2H3. The maximum absolute atomic E-state index is 5.81. The molecule has 108 valence electrons. The summed E-state index contributed by atoms with van der Waals surface area (Å²) in [5.74, 6) is 1.42. The molecule has 2 rings (SSSR count). The van der Waals surface area contributed by atoms with Gasteiger partial charge in [0, 0.05) is 16.3 Å². The van der Waals surface area contributed by atoms with Gasteiger partial charge in [-0.05, 0) is 43.5 Å². The van der Waals surface area contributed by atoms with Crippen molar-refractivity contribution < 1.29 is 4.74 Å². The van der Waals surface area contributed by atoms with E-state index in [1.165, 1.54) is 11.1 Å². The number of hydrogen-bond acceptors (Lipinski definition) is 3. The maximum Gasteiger partial charge on any atom is 0.119 e. The molecule has 0 bridgehead atoms. The quantitative estimate of drug-likeness (QED) is 0.507. The van der Waals surface area contributed by atoms with Crippen LogP contribution >= 0.6 is 38.9 Å². The third kappa shape index (κ3) is 4.21. The summed E-state index contributed by atoms with van der Waals surface area (Å²) in [6, 6.07) is 4.12. The summed E-state index contributed by atoms with van der Waals surface area (Å²) in [5.41, 5.74) is 3.37. The van der Waals surface area contributed by atoms with Crippen LogP contribution in [0.2, 0.25) is 0 Å². The number of hydrogen-bond donors (Lipinski definition) is 0. The van der Waals surface area contributed by atoms with E-state index in [1.54, 1.807) is 11.3 Å². The predicted molar refractivity (Wildman–Crippen MR) is 89.1 cm³/mol. The lowest BCUT2D eigenvalue weighted by atomic mass is 10.1. The molecule has 0 aliphatic carbocycles. The lowest BCUT2D eigenvalue weighted by Gasteiger charge is -2.09. The molecule has 1 aromatic carbocycles. The Morgan fingerprint density at radius 2 is 2.00 bits per heavy atom. The number of thiazole rings is 1. The van der Waals surface area contributed by atoms with Crippen molar-refractivity contribution in [2.24, 2.45) is 0 Å². The number of alkyl halides is 1. The van der Waals surface area contributed by atoms with Crippen molar-refractivity contribution in [3.05, 3.63) is 43.8 Å². The van der Waals surface area contributed by atoms with E-state index >= 15 is 0 Å². The third-order valence-corrected chi connectivity index (χ3v) is 5.43. The predicted octanol–water partition coefficient (Wildman–Crippen LogP) is 5.27. The Hall–Kier alpha value is -0.580. The largest absolute Gasteiger partial charge is 0.494 e. The highest BCUT2D eigenvalue weighted by Gasteiger charge is 2.04. The SMILES string of the molecule is Cc1cc(OCCCc2nc(CCl)cs2)cc(C)c1Br. The zero-order valence-corrected chi connectivity index (χ0v) is 14.7. The minimum atomic E-state index is 0.491. The molecule has 1 aromatic heterocycles. The van der Waals surface area contributed by atoms with Crippen molar-refractivity contribution in [3.63, 3.8) is 0 Å². The lowest BCUT2D eigenvalue weighted by Crippen LogP contribution is -2.00. The molecule has 1 heterocycles. The smallest absolute Gasteiger partial charge is 0.119 e. The normalized spacial score (nSPS) is 10.8. The highest BCUT2D eigenvalue weighted by Crippen LogP contribution is 2.26. The van der Waals surface area contributed by atoms with Crippen molar-refractivity contribution in [2.45, 2.75) is 32.6 Å². The summed E-state index contributed by atoms with van der Waals surface area (Å²) in [4.78, 5) is 4.44. The molecule has 2 aromatic rings. The van der Waals surface area contributed by atoms with Crippen LogP contribution in [0.5, 0.6) is 5.75 Å². The second-order valence-corrected chi connectivity index (χ2v) is 6.69. The molecular weight excluding hydrogens is 358 g/mol. The minimum Gasteiger partial charge on any atom is -0.494 e. The Labute approximate surface area is 137 Å². The van der Waals surface area contributed by atoms with Gasteiger partial charge in [0.05, 0.1) is 23.2 Å². The third-order valence-electron chi connectivity index (χ3n) is 2.95. The van der Waals surface area contributed by atoms with Crippen LogP contribution in [0.1, 0.15) is 28.2 Å². The molecule has 0 aliphatic rings. The summed E-state index contributed by atoms with van der Waals surface area (Å²) >= 11 is 11.0. The Morgan fingerprint density at radius 1 is 1.30 bits per heavy atom. The first-order valence-electron chi connectivity index (χ1n) is 6.49. The van der Waals surface area contributed by atoms with E-state index in [0.29, 0.717) is 12.5 Å². The van der Waals surface area contributed by atoms with Gasteiger partial charge in [0.2, 0.25) is 0 Å². The van der Waals surface area contributed by atoms with Gasteiger partial charge in [0.1, 0.15) is 5.75 Å². The molecule has 0 unspecified atom stereocenters. The molecule has 2 nitrogen and oxygen atoms in total. The molecule has 0 saturated heterocycles. The van der Waals surface area contributed by atoms with E-state index < -0.39 is 0 Å². The molecule has 0 N–H and O–H groups in total. The van der Waals surface area contributed by atoms with Gasteiger partial charge in [-0.3, -0.25) is 0 Å². The maximum atomic E-state index is 5.81. The van der Waals surface area contributed by atoms with E-state index in [-0.39, 0.29) is 0 Å². The van der Waals surface area contributed by atoms with Crippen LogP contribution < -0.4 is 4.74 Å². The Balaban J connectivity index is 1.81. The number of rotatable bonds is 6. The molecule has 0 atom stereocenters. The number of ether oxygens (including phenoxy) is 1. The first-order chi connectivity index (χ1) is 9.60. The molecule has 20 heavy (non-hydrogen) atoms. The van der Waals surface area contributed by atoms with Crippen LogP contribution in [0.25, 0.3) is 0 Å². The van der Waals surface area contributed by atoms with Crippen molar-refractivity contribution in [1.29, 1.82) is 0 Å². The zero-order chi connectivity index (χ0) is 14.5. The average Bonchev–Trinajstić information content (AvgIpc) is 2.89. The van der Waals surface area contributed by atoms with Gasteiger partial charge in [0.25, 0.3) is 0 Å². The topological polar surface area (TPSA) is 22.1 Å². The highest BCUT2D eigenvalue weighted by atomic mass is 79.9. The Bertz CT molecular complexity index is 562. The fourth-order valence-electron chi connectivity index (χ4n) is 1.93. The first-order valence-corrected chi connectivity index (χ1v) is 8.69. The summed E-state index contributed by atoms with van der Waals surface area (Å²) in [7, 11) is 0. The van der Waals surface area contributed by atoms with Crippen molar-refractivity contribution in [2.75, 3.05) is 6.61 Å². The molecule has 0 fully saturated rings. The lowest BCUT2D eigenvalue weighted by molar-refractivity contribution is 0.310. The number of benzene rings is 1. The van der Waals surface area contributed by atoms with Crippen molar-refractivity contribution in [3.8, 4) is 5.75 Å². The van der Waals surface area contributed by atoms with Crippen LogP contribution in [-0.4, -0.2) is 11.6 Å². The highest BCUT2D eigenvalue weighted by molar-refractivity contribution is 9.10. The Kier molecular flexibility index (Phi) is 5.87.